The summed E-state index contributed by atoms with van der Waals surface area (Å²) in [5.41, 5.74) is 6.30. The van der Waals surface area contributed by atoms with Gasteiger partial charge in [0.25, 0.3) is 0 Å². The Morgan fingerprint density at radius 1 is 0.667 bits per heavy atom. The molecule has 3 heterocycles. The number of benzene rings is 4. The number of hydrogen-bond acceptors (Lipinski definition) is 3. The average molecular weight is 423 g/mol. The van der Waals surface area contributed by atoms with Gasteiger partial charge in [0.05, 0.1) is 39.7 Å². The topological polar surface area (TPSA) is 60.7 Å². The van der Waals surface area contributed by atoms with Crippen LogP contribution in [0.5, 0.6) is 0 Å². The van der Waals surface area contributed by atoms with Gasteiger partial charge in [-0.3, -0.25) is 9.69 Å². The number of fused-ring (bicyclic) bond motifs is 6. The molecule has 1 aliphatic rings. The largest absolute Gasteiger partial charge is 0.319 e. The fourth-order valence-electron chi connectivity index (χ4n) is 5.55. The van der Waals surface area contributed by atoms with Crippen LogP contribution >= 0.6 is 0 Å². The molecule has 5 nitrogen and oxygen atoms in total. The first-order valence-corrected chi connectivity index (χ1v) is 10.9. The second-order valence-corrected chi connectivity index (χ2v) is 8.49. The summed E-state index contributed by atoms with van der Waals surface area (Å²) in [6.45, 7) is 1.38. The summed E-state index contributed by atoms with van der Waals surface area (Å²) in [6, 6.07) is 31.6. The van der Waals surface area contributed by atoms with Crippen LogP contribution < -0.4 is 5.01 Å². The van der Waals surface area contributed by atoms with Gasteiger partial charge >= 0.3 is 0 Å². The molecule has 6 aromatic rings. The van der Waals surface area contributed by atoms with E-state index in [9.17, 15) is 10.5 Å². The lowest BCUT2D eigenvalue weighted by Crippen LogP contribution is -2.38. The van der Waals surface area contributed by atoms with Crippen LogP contribution in [0.15, 0.2) is 78.9 Å². The highest BCUT2D eigenvalue weighted by atomic mass is 15.6. The van der Waals surface area contributed by atoms with Crippen molar-refractivity contribution < 1.29 is 0 Å². The lowest BCUT2D eigenvalue weighted by molar-refractivity contribution is 0.523. The highest BCUT2D eigenvalue weighted by molar-refractivity contribution is 6.26. The van der Waals surface area contributed by atoms with Crippen molar-refractivity contribution in [3.8, 4) is 12.1 Å². The normalized spacial score (nSPS) is 12.7. The summed E-state index contributed by atoms with van der Waals surface area (Å²) in [5.74, 6) is 0. The zero-order valence-electron chi connectivity index (χ0n) is 17.7. The van der Waals surface area contributed by atoms with Crippen molar-refractivity contribution in [2.45, 2.75) is 13.2 Å². The Kier molecular flexibility index (Phi) is 3.46. The molecule has 7 rings (SSSR count). The van der Waals surface area contributed by atoms with Crippen molar-refractivity contribution in [3.05, 3.63) is 95.6 Å². The summed E-state index contributed by atoms with van der Waals surface area (Å²) in [7, 11) is 0. The van der Waals surface area contributed by atoms with E-state index in [0.717, 1.165) is 50.2 Å². The van der Waals surface area contributed by atoms with Gasteiger partial charge in [0, 0.05) is 21.5 Å². The number of hydrogen-bond donors (Lipinski definition) is 0. The van der Waals surface area contributed by atoms with Crippen LogP contribution in [-0.4, -0.2) is 9.24 Å². The number of nitriles is 2. The predicted molar refractivity (Wildman–Crippen MR) is 130 cm³/mol. The molecule has 2 aromatic heterocycles. The summed E-state index contributed by atoms with van der Waals surface area (Å²) in [6.07, 6.45) is 0. The van der Waals surface area contributed by atoms with Crippen LogP contribution in [0.1, 0.15) is 16.7 Å². The van der Waals surface area contributed by atoms with Gasteiger partial charge in [0.1, 0.15) is 18.8 Å². The van der Waals surface area contributed by atoms with Crippen molar-refractivity contribution in [2.75, 3.05) is 5.01 Å². The van der Waals surface area contributed by atoms with E-state index in [1.165, 1.54) is 5.56 Å². The third-order valence-corrected chi connectivity index (χ3v) is 6.81. The number of nitrogens with zero attached hydrogens (tertiary/aromatic N) is 5. The fraction of sp³-hybridized carbons (Fsp3) is 0.0714. The maximum Gasteiger partial charge on any atom is 0.110 e. The van der Waals surface area contributed by atoms with E-state index < -0.39 is 0 Å². The van der Waals surface area contributed by atoms with Gasteiger partial charge in [-0.2, -0.15) is 10.5 Å². The van der Waals surface area contributed by atoms with E-state index in [1.54, 1.807) is 0 Å². The van der Waals surface area contributed by atoms with Crippen molar-refractivity contribution in [1.82, 2.24) is 9.24 Å². The Bertz CT molecular complexity index is 1840. The van der Waals surface area contributed by atoms with Crippen LogP contribution in [0.2, 0.25) is 0 Å². The first-order valence-electron chi connectivity index (χ1n) is 10.9. The van der Waals surface area contributed by atoms with Gasteiger partial charge in [-0.25, -0.2) is 0 Å². The monoisotopic (exact) mass is 423 g/mol. The quantitative estimate of drug-likeness (QED) is 0.356. The first-order chi connectivity index (χ1) is 16.3. The highest BCUT2D eigenvalue weighted by Gasteiger charge is 2.31. The minimum atomic E-state index is 0.458. The van der Waals surface area contributed by atoms with E-state index in [1.807, 2.05) is 30.3 Å². The van der Waals surface area contributed by atoms with Crippen molar-refractivity contribution in [1.29, 1.82) is 10.5 Å². The lowest BCUT2D eigenvalue weighted by Gasteiger charge is -2.33. The summed E-state index contributed by atoms with van der Waals surface area (Å²) < 4.78 is 4.57. The number of para-hydroxylation sites is 2. The molecule has 0 fully saturated rings. The smallest absolute Gasteiger partial charge is 0.110 e. The molecule has 0 aliphatic carbocycles. The first kappa shape index (κ1) is 17.9. The maximum absolute atomic E-state index is 10.2. The Hall–Kier alpha value is -4.74. The minimum Gasteiger partial charge on any atom is -0.319 e. The van der Waals surface area contributed by atoms with E-state index in [2.05, 4.69) is 74.9 Å². The third kappa shape index (κ3) is 2.18. The lowest BCUT2D eigenvalue weighted by atomic mass is 9.96. The highest BCUT2D eigenvalue weighted by Crippen LogP contribution is 2.45. The van der Waals surface area contributed by atoms with Gasteiger partial charge in [0.2, 0.25) is 0 Å². The number of aromatic nitrogens is 2. The van der Waals surface area contributed by atoms with Crippen LogP contribution in [0.3, 0.4) is 0 Å². The van der Waals surface area contributed by atoms with E-state index in [4.69, 9.17) is 0 Å². The van der Waals surface area contributed by atoms with Crippen molar-refractivity contribution in [2.24, 2.45) is 0 Å². The third-order valence-electron chi connectivity index (χ3n) is 6.81. The average Bonchev–Trinajstić information content (AvgIpc) is 3.38. The molecule has 0 saturated heterocycles. The van der Waals surface area contributed by atoms with Crippen LogP contribution in [0.4, 0.5) is 0 Å². The Balaban J connectivity index is 1.74. The van der Waals surface area contributed by atoms with Crippen LogP contribution in [0.25, 0.3) is 43.6 Å². The Morgan fingerprint density at radius 3 is 1.94 bits per heavy atom. The standard InChI is InChI=1S/C28H17N5/c29-14-21-22(15-30)26-20-11-5-7-13-24(20)33-28(26)27-25(21)19-10-4-6-12-23(19)32(27)17-31(33)16-18-8-2-1-3-9-18/h1-13H,16-17H2. The van der Waals surface area contributed by atoms with E-state index in [-0.39, 0.29) is 0 Å². The van der Waals surface area contributed by atoms with Gasteiger partial charge in [0.15, 0.2) is 0 Å². The summed E-state index contributed by atoms with van der Waals surface area (Å²) in [5, 5.41) is 26.5. The molecule has 154 valence electrons. The van der Waals surface area contributed by atoms with Crippen molar-refractivity contribution in [3.63, 3.8) is 0 Å². The van der Waals surface area contributed by atoms with Gasteiger partial charge in [-0.05, 0) is 17.7 Å². The molecule has 0 unspecified atom stereocenters. The maximum atomic E-state index is 10.2. The molecule has 33 heavy (non-hydrogen) atoms. The molecule has 0 saturated carbocycles. The second-order valence-electron chi connectivity index (χ2n) is 8.49. The molecule has 0 N–H and O–H groups in total. The molecule has 4 aromatic carbocycles. The zero-order valence-corrected chi connectivity index (χ0v) is 17.7. The Morgan fingerprint density at radius 2 is 1.24 bits per heavy atom. The minimum absolute atomic E-state index is 0.458. The number of rotatable bonds is 2. The van der Waals surface area contributed by atoms with Gasteiger partial charge in [-0.1, -0.05) is 66.7 Å². The fourth-order valence-corrected chi connectivity index (χ4v) is 5.55. The molecule has 0 bridgehead atoms. The van der Waals surface area contributed by atoms with E-state index in [0.29, 0.717) is 17.8 Å². The molecular weight excluding hydrogens is 406 g/mol. The molecule has 0 spiro atoms. The predicted octanol–water partition coefficient (Wildman–Crippen LogP) is 5.76. The Labute approximate surface area is 189 Å². The zero-order chi connectivity index (χ0) is 22.1. The van der Waals surface area contributed by atoms with Crippen LogP contribution in [-0.2, 0) is 13.2 Å². The van der Waals surface area contributed by atoms with Crippen LogP contribution in [0, 0.1) is 22.7 Å². The van der Waals surface area contributed by atoms with Crippen molar-refractivity contribution >= 4 is 43.6 Å². The summed E-state index contributed by atoms with van der Waals surface area (Å²) in [4.78, 5) is 0. The van der Waals surface area contributed by atoms with Gasteiger partial charge in [-0.15, -0.1) is 0 Å². The van der Waals surface area contributed by atoms with E-state index >= 15 is 0 Å². The molecule has 0 radical (unpaired) electrons. The SMILES string of the molecule is N#Cc1c(C#N)c2c3ccccc3n3c2c2c1c1ccccc1n2CN3Cc1ccccc1. The molecule has 1 aliphatic heterocycles. The molecule has 0 atom stereocenters. The molecule has 0 amide bonds. The summed E-state index contributed by atoms with van der Waals surface area (Å²) >= 11 is 0. The molecular formula is C28H17N5. The molecule has 5 heteroatoms. The second kappa shape index (κ2) is 6.38. The van der Waals surface area contributed by atoms with Gasteiger partial charge < -0.3 is 4.57 Å².